The first-order valence-corrected chi connectivity index (χ1v) is 6.81. The molecule has 0 spiro atoms. The van der Waals surface area contributed by atoms with Crippen molar-refractivity contribution in [3.63, 3.8) is 0 Å². The SMILES string of the molecule is CCc1nc(N)ccc1-c1c(C)ccc2cccnc12. The summed E-state index contributed by atoms with van der Waals surface area (Å²) >= 11 is 0. The van der Waals surface area contributed by atoms with E-state index in [-0.39, 0.29) is 0 Å². The smallest absolute Gasteiger partial charge is 0.123 e. The second-order valence-electron chi connectivity index (χ2n) is 4.92. The minimum Gasteiger partial charge on any atom is -0.384 e. The first-order chi connectivity index (χ1) is 9.70. The molecule has 0 aliphatic carbocycles. The van der Waals surface area contributed by atoms with E-state index in [9.17, 15) is 0 Å². The van der Waals surface area contributed by atoms with Crippen LogP contribution in [0, 0.1) is 6.92 Å². The predicted molar refractivity (Wildman–Crippen MR) is 83.5 cm³/mol. The van der Waals surface area contributed by atoms with Crippen LogP contribution in [0.4, 0.5) is 5.82 Å². The molecule has 0 fully saturated rings. The fourth-order valence-corrected chi connectivity index (χ4v) is 2.60. The van der Waals surface area contributed by atoms with Gasteiger partial charge in [-0.2, -0.15) is 0 Å². The van der Waals surface area contributed by atoms with Crippen molar-refractivity contribution in [2.24, 2.45) is 0 Å². The maximum absolute atomic E-state index is 5.81. The first-order valence-electron chi connectivity index (χ1n) is 6.81. The highest BCUT2D eigenvalue weighted by Crippen LogP contribution is 2.32. The summed E-state index contributed by atoms with van der Waals surface area (Å²) in [5.74, 6) is 0.566. The van der Waals surface area contributed by atoms with Crippen LogP contribution in [0.1, 0.15) is 18.2 Å². The van der Waals surface area contributed by atoms with Crippen LogP contribution in [-0.2, 0) is 6.42 Å². The van der Waals surface area contributed by atoms with Gasteiger partial charge in [0.25, 0.3) is 0 Å². The summed E-state index contributed by atoms with van der Waals surface area (Å²) in [4.78, 5) is 9.02. The molecule has 0 aliphatic rings. The van der Waals surface area contributed by atoms with E-state index in [1.54, 1.807) is 0 Å². The van der Waals surface area contributed by atoms with Gasteiger partial charge in [-0.25, -0.2) is 4.98 Å². The van der Waals surface area contributed by atoms with Crippen molar-refractivity contribution in [2.75, 3.05) is 5.73 Å². The summed E-state index contributed by atoms with van der Waals surface area (Å²) in [6.07, 6.45) is 2.69. The van der Waals surface area contributed by atoms with Crippen molar-refractivity contribution in [3.8, 4) is 11.1 Å². The second kappa shape index (κ2) is 4.93. The zero-order valence-corrected chi connectivity index (χ0v) is 11.7. The molecular weight excluding hydrogens is 246 g/mol. The van der Waals surface area contributed by atoms with Crippen LogP contribution < -0.4 is 5.73 Å². The van der Waals surface area contributed by atoms with Gasteiger partial charge in [0.15, 0.2) is 0 Å². The van der Waals surface area contributed by atoms with Gasteiger partial charge in [0, 0.05) is 22.7 Å². The second-order valence-corrected chi connectivity index (χ2v) is 4.92. The number of rotatable bonds is 2. The van der Waals surface area contributed by atoms with E-state index in [4.69, 9.17) is 5.73 Å². The summed E-state index contributed by atoms with van der Waals surface area (Å²) in [6, 6.07) is 12.2. The lowest BCUT2D eigenvalue weighted by molar-refractivity contribution is 1.04. The summed E-state index contributed by atoms with van der Waals surface area (Å²) in [5, 5.41) is 1.15. The topological polar surface area (TPSA) is 51.8 Å². The lowest BCUT2D eigenvalue weighted by atomic mass is 9.95. The molecule has 3 aromatic rings. The number of aryl methyl sites for hydroxylation is 2. The number of pyridine rings is 2. The molecule has 100 valence electrons. The number of fused-ring (bicyclic) bond motifs is 1. The maximum atomic E-state index is 5.81. The lowest BCUT2D eigenvalue weighted by Gasteiger charge is -2.13. The lowest BCUT2D eigenvalue weighted by Crippen LogP contribution is -1.99. The number of aromatic nitrogens is 2. The minimum atomic E-state index is 0.566. The quantitative estimate of drug-likeness (QED) is 0.766. The Morgan fingerprint density at radius 3 is 2.75 bits per heavy atom. The summed E-state index contributed by atoms with van der Waals surface area (Å²) in [7, 11) is 0. The normalized spacial score (nSPS) is 10.9. The van der Waals surface area contributed by atoms with Gasteiger partial charge in [0.05, 0.1) is 11.2 Å². The van der Waals surface area contributed by atoms with Crippen LogP contribution in [0.3, 0.4) is 0 Å². The molecule has 3 rings (SSSR count). The number of nitrogens with two attached hydrogens (primary N) is 1. The third-order valence-corrected chi connectivity index (χ3v) is 3.58. The number of hydrogen-bond donors (Lipinski definition) is 1. The van der Waals surface area contributed by atoms with Crippen molar-refractivity contribution < 1.29 is 0 Å². The van der Waals surface area contributed by atoms with E-state index in [2.05, 4.69) is 48.1 Å². The third-order valence-electron chi connectivity index (χ3n) is 3.58. The molecule has 0 atom stereocenters. The Hall–Kier alpha value is -2.42. The standard InChI is InChI=1S/C17H17N3/c1-3-14-13(8-9-15(18)20-14)16-11(2)6-7-12-5-4-10-19-17(12)16/h4-10H,3H2,1-2H3,(H2,18,20). The van der Waals surface area contributed by atoms with Gasteiger partial charge in [0.1, 0.15) is 5.82 Å². The van der Waals surface area contributed by atoms with Gasteiger partial charge in [-0.3, -0.25) is 4.98 Å². The molecule has 0 saturated carbocycles. The molecule has 0 unspecified atom stereocenters. The highest BCUT2D eigenvalue weighted by atomic mass is 14.8. The minimum absolute atomic E-state index is 0.566. The van der Waals surface area contributed by atoms with Crippen LogP contribution >= 0.6 is 0 Å². The Labute approximate surface area is 118 Å². The van der Waals surface area contributed by atoms with Gasteiger partial charge in [-0.15, -0.1) is 0 Å². The monoisotopic (exact) mass is 263 g/mol. The van der Waals surface area contributed by atoms with Crippen LogP contribution in [0.25, 0.3) is 22.0 Å². The fraction of sp³-hybridized carbons (Fsp3) is 0.176. The van der Waals surface area contributed by atoms with Crippen molar-refractivity contribution >= 4 is 16.7 Å². The third kappa shape index (κ3) is 2.01. The molecule has 1 aromatic carbocycles. The van der Waals surface area contributed by atoms with E-state index in [0.29, 0.717) is 5.82 Å². The van der Waals surface area contributed by atoms with Crippen LogP contribution in [0.2, 0.25) is 0 Å². The van der Waals surface area contributed by atoms with Crippen molar-refractivity contribution in [1.82, 2.24) is 9.97 Å². The van der Waals surface area contributed by atoms with Crippen molar-refractivity contribution in [2.45, 2.75) is 20.3 Å². The van der Waals surface area contributed by atoms with Gasteiger partial charge in [-0.1, -0.05) is 25.1 Å². The Morgan fingerprint density at radius 2 is 1.95 bits per heavy atom. The van der Waals surface area contributed by atoms with E-state index < -0.39 is 0 Å². The Bertz CT molecular complexity index is 778. The molecule has 2 heterocycles. The molecule has 0 bridgehead atoms. The van der Waals surface area contributed by atoms with E-state index in [1.807, 2.05) is 18.3 Å². The van der Waals surface area contributed by atoms with Crippen molar-refractivity contribution in [1.29, 1.82) is 0 Å². The maximum Gasteiger partial charge on any atom is 0.123 e. The molecule has 0 saturated heterocycles. The largest absolute Gasteiger partial charge is 0.384 e. The zero-order valence-electron chi connectivity index (χ0n) is 11.7. The molecular formula is C17H17N3. The Morgan fingerprint density at radius 1 is 1.10 bits per heavy atom. The van der Waals surface area contributed by atoms with Gasteiger partial charge in [-0.05, 0) is 37.1 Å². The molecule has 2 aromatic heterocycles. The number of anilines is 1. The highest BCUT2D eigenvalue weighted by molar-refractivity contribution is 5.95. The molecule has 3 nitrogen and oxygen atoms in total. The van der Waals surface area contributed by atoms with E-state index in [0.717, 1.165) is 34.1 Å². The molecule has 0 radical (unpaired) electrons. The number of nitrogen functional groups attached to an aromatic ring is 1. The molecule has 0 amide bonds. The summed E-state index contributed by atoms with van der Waals surface area (Å²) in [6.45, 7) is 4.21. The Balaban J connectivity index is 2.37. The summed E-state index contributed by atoms with van der Waals surface area (Å²) < 4.78 is 0. The van der Waals surface area contributed by atoms with E-state index in [1.165, 1.54) is 5.56 Å². The van der Waals surface area contributed by atoms with Crippen LogP contribution in [-0.4, -0.2) is 9.97 Å². The average Bonchev–Trinajstić information content (AvgIpc) is 2.48. The van der Waals surface area contributed by atoms with E-state index >= 15 is 0 Å². The zero-order chi connectivity index (χ0) is 14.1. The van der Waals surface area contributed by atoms with Crippen molar-refractivity contribution in [3.05, 3.63) is 53.9 Å². The number of nitrogens with zero attached hydrogens (tertiary/aromatic N) is 2. The van der Waals surface area contributed by atoms with Gasteiger partial charge in [0.2, 0.25) is 0 Å². The highest BCUT2D eigenvalue weighted by Gasteiger charge is 2.12. The fourth-order valence-electron chi connectivity index (χ4n) is 2.60. The summed E-state index contributed by atoms with van der Waals surface area (Å²) in [5.41, 5.74) is 11.3. The molecule has 0 aliphatic heterocycles. The molecule has 20 heavy (non-hydrogen) atoms. The van der Waals surface area contributed by atoms with Crippen LogP contribution in [0.15, 0.2) is 42.6 Å². The molecule has 3 heteroatoms. The number of hydrogen-bond acceptors (Lipinski definition) is 3. The predicted octanol–water partition coefficient (Wildman–Crippen LogP) is 3.75. The molecule has 2 N–H and O–H groups in total. The average molecular weight is 263 g/mol. The van der Waals surface area contributed by atoms with Gasteiger partial charge < -0.3 is 5.73 Å². The van der Waals surface area contributed by atoms with Gasteiger partial charge >= 0.3 is 0 Å². The number of benzene rings is 1. The first kappa shape index (κ1) is 12.6. The van der Waals surface area contributed by atoms with Crippen LogP contribution in [0.5, 0.6) is 0 Å². The Kier molecular flexibility index (Phi) is 3.11.